The summed E-state index contributed by atoms with van der Waals surface area (Å²) in [5, 5.41) is 3.86. The number of hydrogen-bond acceptors (Lipinski definition) is 2. The summed E-state index contributed by atoms with van der Waals surface area (Å²) >= 11 is 0. The molecule has 3 unspecified atom stereocenters. The highest BCUT2D eigenvalue weighted by Crippen LogP contribution is 2.50. The molecule has 0 radical (unpaired) electrons. The van der Waals surface area contributed by atoms with Gasteiger partial charge >= 0.3 is 0 Å². The van der Waals surface area contributed by atoms with E-state index >= 15 is 0 Å². The Morgan fingerprint density at radius 3 is 2.62 bits per heavy atom. The zero-order chi connectivity index (χ0) is 16.7. The Labute approximate surface area is 144 Å². The molecule has 1 heterocycles. The molecule has 0 saturated heterocycles. The van der Waals surface area contributed by atoms with Gasteiger partial charge < -0.3 is 10.1 Å². The number of allylic oxidation sites excluding steroid dienone is 2. The van der Waals surface area contributed by atoms with Crippen LogP contribution in [-0.2, 0) is 0 Å². The molecule has 0 amide bonds. The summed E-state index contributed by atoms with van der Waals surface area (Å²) in [5.41, 5.74) is 6.87. The number of aryl methyl sites for hydroxylation is 1. The molecule has 0 saturated carbocycles. The SMILES string of the molecule is CCOc1ccc(C2Nc3c(ccc(C)c3C)C3C=CCC32)cc1. The van der Waals surface area contributed by atoms with Crippen LogP contribution in [-0.4, -0.2) is 6.61 Å². The van der Waals surface area contributed by atoms with Gasteiger partial charge in [-0.3, -0.25) is 0 Å². The third-order valence-corrected chi connectivity index (χ3v) is 5.62. The average molecular weight is 319 g/mol. The lowest BCUT2D eigenvalue weighted by molar-refractivity contribution is 0.340. The molecule has 2 nitrogen and oxygen atoms in total. The molecule has 0 fully saturated rings. The maximum Gasteiger partial charge on any atom is 0.119 e. The number of hydrogen-bond donors (Lipinski definition) is 1. The molecule has 24 heavy (non-hydrogen) atoms. The van der Waals surface area contributed by atoms with Crippen molar-refractivity contribution in [1.29, 1.82) is 0 Å². The summed E-state index contributed by atoms with van der Waals surface area (Å²) in [7, 11) is 0. The van der Waals surface area contributed by atoms with E-state index in [4.69, 9.17) is 4.74 Å². The summed E-state index contributed by atoms with van der Waals surface area (Å²) in [6.45, 7) is 7.16. The highest BCUT2D eigenvalue weighted by atomic mass is 16.5. The number of rotatable bonds is 3. The monoisotopic (exact) mass is 319 g/mol. The van der Waals surface area contributed by atoms with Crippen LogP contribution >= 0.6 is 0 Å². The molecule has 1 N–H and O–H groups in total. The second-order valence-corrected chi connectivity index (χ2v) is 6.95. The van der Waals surface area contributed by atoms with Crippen molar-refractivity contribution in [2.45, 2.75) is 39.2 Å². The highest BCUT2D eigenvalue weighted by molar-refractivity contribution is 5.65. The Hall–Kier alpha value is -2.22. The van der Waals surface area contributed by atoms with E-state index in [2.05, 4.69) is 67.7 Å². The minimum Gasteiger partial charge on any atom is -0.494 e. The summed E-state index contributed by atoms with van der Waals surface area (Å²) in [4.78, 5) is 0. The minimum absolute atomic E-state index is 0.355. The van der Waals surface area contributed by atoms with Crippen LogP contribution in [0.15, 0.2) is 48.6 Å². The molecule has 2 aromatic rings. The molecule has 0 spiro atoms. The molecular weight excluding hydrogens is 294 g/mol. The van der Waals surface area contributed by atoms with Gasteiger partial charge in [-0.15, -0.1) is 0 Å². The van der Waals surface area contributed by atoms with Gasteiger partial charge in [-0.2, -0.15) is 0 Å². The zero-order valence-corrected chi connectivity index (χ0v) is 14.7. The van der Waals surface area contributed by atoms with Crippen LogP contribution in [0.1, 0.15) is 47.6 Å². The molecule has 2 aromatic carbocycles. The van der Waals surface area contributed by atoms with Crippen molar-refractivity contribution < 1.29 is 4.74 Å². The quantitative estimate of drug-likeness (QED) is 0.751. The standard InChI is InChI=1S/C22H25NO/c1-4-24-17-11-9-16(10-12-17)22-19-7-5-6-18(19)20-13-8-14(2)15(3)21(20)23-22/h5-6,8-13,18-19,22-23H,4,7H2,1-3H3. The maximum absolute atomic E-state index is 5.59. The number of anilines is 1. The summed E-state index contributed by atoms with van der Waals surface area (Å²) in [5.74, 6) is 2.07. The fourth-order valence-corrected chi connectivity index (χ4v) is 4.19. The minimum atomic E-state index is 0.355. The Morgan fingerprint density at radius 1 is 1.08 bits per heavy atom. The first kappa shape index (κ1) is 15.3. The second kappa shape index (κ2) is 6.01. The van der Waals surface area contributed by atoms with Crippen LogP contribution in [0.3, 0.4) is 0 Å². The van der Waals surface area contributed by atoms with Crippen LogP contribution in [0, 0.1) is 19.8 Å². The summed E-state index contributed by atoms with van der Waals surface area (Å²) in [6.07, 6.45) is 5.89. The van der Waals surface area contributed by atoms with Gasteiger partial charge in [-0.25, -0.2) is 0 Å². The van der Waals surface area contributed by atoms with E-state index < -0.39 is 0 Å². The molecule has 1 aliphatic heterocycles. The van der Waals surface area contributed by atoms with Crippen LogP contribution in [0.5, 0.6) is 5.75 Å². The van der Waals surface area contributed by atoms with Crippen molar-refractivity contribution in [1.82, 2.24) is 0 Å². The largest absolute Gasteiger partial charge is 0.494 e. The maximum atomic E-state index is 5.59. The first-order valence-corrected chi connectivity index (χ1v) is 8.95. The van der Waals surface area contributed by atoms with Crippen molar-refractivity contribution in [2.75, 3.05) is 11.9 Å². The van der Waals surface area contributed by atoms with Gasteiger partial charge in [0, 0.05) is 11.6 Å². The lowest BCUT2D eigenvalue weighted by Crippen LogP contribution is -2.29. The molecule has 4 rings (SSSR count). The molecule has 3 atom stereocenters. The van der Waals surface area contributed by atoms with E-state index in [9.17, 15) is 0 Å². The number of ether oxygens (including phenoxy) is 1. The third kappa shape index (κ3) is 2.41. The zero-order valence-electron chi connectivity index (χ0n) is 14.7. The Kier molecular flexibility index (Phi) is 3.84. The fourth-order valence-electron chi connectivity index (χ4n) is 4.19. The van der Waals surface area contributed by atoms with Gasteiger partial charge in [0.2, 0.25) is 0 Å². The topological polar surface area (TPSA) is 21.3 Å². The van der Waals surface area contributed by atoms with Crippen molar-refractivity contribution in [3.63, 3.8) is 0 Å². The first-order valence-electron chi connectivity index (χ1n) is 8.95. The van der Waals surface area contributed by atoms with Gasteiger partial charge in [0.05, 0.1) is 12.6 Å². The molecule has 1 aliphatic carbocycles. The van der Waals surface area contributed by atoms with Crippen molar-refractivity contribution in [3.8, 4) is 5.75 Å². The fraction of sp³-hybridized carbons (Fsp3) is 0.364. The highest BCUT2D eigenvalue weighted by Gasteiger charge is 2.38. The number of nitrogens with one attached hydrogen (secondary N) is 1. The van der Waals surface area contributed by atoms with Crippen LogP contribution in [0.25, 0.3) is 0 Å². The third-order valence-electron chi connectivity index (χ3n) is 5.62. The summed E-state index contributed by atoms with van der Waals surface area (Å²) in [6, 6.07) is 13.5. The average Bonchev–Trinajstić information content (AvgIpc) is 3.08. The normalized spacial score (nSPS) is 24.2. The molecule has 2 heteroatoms. The van der Waals surface area contributed by atoms with E-state index in [1.807, 2.05) is 6.92 Å². The van der Waals surface area contributed by atoms with Crippen LogP contribution in [0.2, 0.25) is 0 Å². The summed E-state index contributed by atoms with van der Waals surface area (Å²) < 4.78 is 5.59. The number of fused-ring (bicyclic) bond motifs is 3. The Bertz CT molecular complexity index is 775. The van der Waals surface area contributed by atoms with E-state index in [0.717, 1.165) is 12.2 Å². The smallest absolute Gasteiger partial charge is 0.119 e. The van der Waals surface area contributed by atoms with E-state index in [1.165, 1.54) is 27.9 Å². The molecular formula is C22H25NO. The van der Waals surface area contributed by atoms with Gasteiger partial charge in [0.25, 0.3) is 0 Å². The second-order valence-electron chi connectivity index (χ2n) is 6.95. The molecule has 2 aliphatic rings. The Morgan fingerprint density at radius 2 is 1.88 bits per heavy atom. The van der Waals surface area contributed by atoms with E-state index in [1.54, 1.807) is 0 Å². The Balaban J connectivity index is 1.73. The van der Waals surface area contributed by atoms with E-state index in [-0.39, 0.29) is 0 Å². The first-order chi connectivity index (χ1) is 11.7. The van der Waals surface area contributed by atoms with Gasteiger partial charge in [-0.1, -0.05) is 36.4 Å². The van der Waals surface area contributed by atoms with E-state index in [0.29, 0.717) is 24.5 Å². The predicted octanol–water partition coefficient (Wildman–Crippen LogP) is 5.53. The molecule has 0 bridgehead atoms. The van der Waals surface area contributed by atoms with Crippen molar-refractivity contribution in [2.24, 2.45) is 5.92 Å². The van der Waals surface area contributed by atoms with Gasteiger partial charge in [0.1, 0.15) is 5.75 Å². The lowest BCUT2D eigenvalue weighted by Gasteiger charge is -2.38. The molecule has 124 valence electrons. The van der Waals surface area contributed by atoms with Gasteiger partial charge in [-0.05, 0) is 67.5 Å². The predicted molar refractivity (Wildman–Crippen MR) is 99.9 cm³/mol. The van der Waals surface area contributed by atoms with Crippen molar-refractivity contribution >= 4 is 5.69 Å². The lowest BCUT2D eigenvalue weighted by atomic mass is 9.76. The van der Waals surface area contributed by atoms with Crippen molar-refractivity contribution in [3.05, 3.63) is 70.8 Å². The van der Waals surface area contributed by atoms with Gasteiger partial charge in [0.15, 0.2) is 0 Å². The van der Waals surface area contributed by atoms with Crippen LogP contribution in [0.4, 0.5) is 5.69 Å². The molecule has 0 aromatic heterocycles. The number of benzene rings is 2. The van der Waals surface area contributed by atoms with Crippen LogP contribution < -0.4 is 10.1 Å².